The normalized spacial score (nSPS) is 11.9. The summed E-state index contributed by atoms with van der Waals surface area (Å²) in [4.78, 5) is 9.03. The summed E-state index contributed by atoms with van der Waals surface area (Å²) in [6.07, 6.45) is 1.04. The van der Waals surface area contributed by atoms with E-state index in [9.17, 15) is 0 Å². The third kappa shape index (κ3) is 8.86. The van der Waals surface area contributed by atoms with Crippen molar-refractivity contribution in [3.8, 4) is 5.75 Å². The summed E-state index contributed by atoms with van der Waals surface area (Å²) in [5.74, 6) is 3.49. The molecule has 166 valence electrons. The first-order valence-corrected chi connectivity index (χ1v) is 10.7. The monoisotopic (exact) mass is 416 g/mol. The van der Waals surface area contributed by atoms with Crippen molar-refractivity contribution in [1.82, 2.24) is 10.3 Å². The number of aliphatic imine (C=N–C) groups is 1. The van der Waals surface area contributed by atoms with Gasteiger partial charge in [0.25, 0.3) is 0 Å². The number of ether oxygens (including phenoxy) is 2. The standard InChI is InChI=1S/C23H36N4O3/c1-16(2)15-28-13-7-12-24-23(25-14-22-26-18(5)19(6)30-22)27-20-8-10-21(11-9-20)29-17(3)4/h8-11,16-17H,7,12-15H2,1-6H3,(H2,24,25,27). The molecule has 0 fully saturated rings. The van der Waals surface area contributed by atoms with E-state index in [2.05, 4.69) is 34.5 Å². The van der Waals surface area contributed by atoms with Crippen LogP contribution in [-0.4, -0.2) is 36.8 Å². The van der Waals surface area contributed by atoms with E-state index in [4.69, 9.17) is 13.9 Å². The molecule has 1 aromatic heterocycles. The molecule has 0 atom stereocenters. The van der Waals surface area contributed by atoms with Crippen LogP contribution in [0, 0.1) is 19.8 Å². The molecular formula is C23H36N4O3. The molecule has 0 spiro atoms. The van der Waals surface area contributed by atoms with Gasteiger partial charge in [0.15, 0.2) is 5.96 Å². The van der Waals surface area contributed by atoms with Crippen molar-refractivity contribution in [2.75, 3.05) is 25.1 Å². The Hall–Kier alpha value is -2.54. The maximum absolute atomic E-state index is 5.70. The van der Waals surface area contributed by atoms with E-state index < -0.39 is 0 Å². The zero-order valence-electron chi connectivity index (χ0n) is 19.1. The Morgan fingerprint density at radius 2 is 1.87 bits per heavy atom. The fourth-order valence-electron chi connectivity index (χ4n) is 2.62. The highest BCUT2D eigenvalue weighted by Crippen LogP contribution is 2.17. The maximum atomic E-state index is 5.70. The lowest BCUT2D eigenvalue weighted by Gasteiger charge is -2.14. The maximum Gasteiger partial charge on any atom is 0.216 e. The summed E-state index contributed by atoms with van der Waals surface area (Å²) in [6.45, 7) is 14.8. The van der Waals surface area contributed by atoms with Gasteiger partial charge in [-0.25, -0.2) is 9.98 Å². The summed E-state index contributed by atoms with van der Waals surface area (Å²) in [7, 11) is 0. The number of nitrogens with zero attached hydrogens (tertiary/aromatic N) is 2. The molecule has 1 aromatic carbocycles. The van der Waals surface area contributed by atoms with E-state index >= 15 is 0 Å². The van der Waals surface area contributed by atoms with Gasteiger partial charge in [0.2, 0.25) is 5.89 Å². The molecular weight excluding hydrogens is 380 g/mol. The molecule has 0 saturated carbocycles. The van der Waals surface area contributed by atoms with Crippen LogP contribution in [0.4, 0.5) is 5.69 Å². The van der Waals surface area contributed by atoms with E-state index in [-0.39, 0.29) is 6.10 Å². The van der Waals surface area contributed by atoms with Crippen molar-refractivity contribution >= 4 is 11.6 Å². The van der Waals surface area contributed by atoms with Crippen LogP contribution in [0.3, 0.4) is 0 Å². The predicted molar refractivity (Wildman–Crippen MR) is 121 cm³/mol. The summed E-state index contributed by atoms with van der Waals surface area (Å²) in [6, 6.07) is 7.83. The molecule has 7 heteroatoms. The van der Waals surface area contributed by atoms with Crippen molar-refractivity contribution < 1.29 is 13.9 Å². The van der Waals surface area contributed by atoms with Crippen LogP contribution in [0.1, 0.15) is 51.5 Å². The van der Waals surface area contributed by atoms with Gasteiger partial charge in [0, 0.05) is 25.4 Å². The Labute approximate surface area is 180 Å². The van der Waals surface area contributed by atoms with Crippen LogP contribution in [0.2, 0.25) is 0 Å². The number of hydrogen-bond acceptors (Lipinski definition) is 5. The quantitative estimate of drug-likeness (QED) is 0.314. The third-order valence-corrected chi connectivity index (χ3v) is 4.14. The van der Waals surface area contributed by atoms with Crippen molar-refractivity contribution in [3.05, 3.63) is 41.6 Å². The topological polar surface area (TPSA) is 80.9 Å². The molecule has 0 saturated heterocycles. The average molecular weight is 417 g/mol. The van der Waals surface area contributed by atoms with Crippen LogP contribution < -0.4 is 15.4 Å². The van der Waals surface area contributed by atoms with Gasteiger partial charge in [-0.1, -0.05) is 13.8 Å². The fraction of sp³-hybridized carbons (Fsp3) is 0.565. The SMILES string of the molecule is Cc1nc(CN=C(NCCCOCC(C)C)Nc2ccc(OC(C)C)cc2)oc1C. The lowest BCUT2D eigenvalue weighted by molar-refractivity contribution is 0.108. The number of hydrogen-bond donors (Lipinski definition) is 2. The number of oxazole rings is 1. The van der Waals surface area contributed by atoms with Crippen LogP contribution in [0.15, 0.2) is 33.7 Å². The molecule has 7 nitrogen and oxygen atoms in total. The van der Waals surface area contributed by atoms with Gasteiger partial charge < -0.3 is 24.5 Å². The summed E-state index contributed by atoms with van der Waals surface area (Å²) >= 11 is 0. The van der Waals surface area contributed by atoms with Gasteiger partial charge in [-0.3, -0.25) is 0 Å². The van der Waals surface area contributed by atoms with Crippen LogP contribution in [0.5, 0.6) is 5.75 Å². The van der Waals surface area contributed by atoms with Crippen molar-refractivity contribution in [2.24, 2.45) is 10.9 Å². The second kappa shape index (κ2) is 12.2. The largest absolute Gasteiger partial charge is 0.491 e. The zero-order chi connectivity index (χ0) is 21.9. The van der Waals surface area contributed by atoms with E-state index in [0.717, 1.165) is 49.1 Å². The number of guanidine groups is 1. The van der Waals surface area contributed by atoms with Gasteiger partial charge in [-0.15, -0.1) is 0 Å². The minimum atomic E-state index is 0.147. The second-order valence-corrected chi connectivity index (χ2v) is 7.98. The Balaban J connectivity index is 1.96. The Morgan fingerprint density at radius 3 is 2.47 bits per heavy atom. The highest BCUT2D eigenvalue weighted by Gasteiger charge is 2.07. The second-order valence-electron chi connectivity index (χ2n) is 7.98. The van der Waals surface area contributed by atoms with E-state index in [1.165, 1.54) is 0 Å². The first-order valence-electron chi connectivity index (χ1n) is 10.7. The number of benzene rings is 1. The first-order chi connectivity index (χ1) is 14.3. The van der Waals surface area contributed by atoms with Crippen molar-refractivity contribution in [3.63, 3.8) is 0 Å². The Bertz CT molecular complexity index is 763. The molecule has 0 aliphatic rings. The molecule has 1 heterocycles. The molecule has 0 bridgehead atoms. The zero-order valence-corrected chi connectivity index (χ0v) is 19.1. The Morgan fingerprint density at radius 1 is 1.13 bits per heavy atom. The van der Waals surface area contributed by atoms with Gasteiger partial charge >= 0.3 is 0 Å². The predicted octanol–water partition coefficient (Wildman–Crippen LogP) is 4.70. The molecule has 2 aromatic rings. The molecule has 0 unspecified atom stereocenters. The number of anilines is 1. The first kappa shape index (κ1) is 23.7. The molecule has 2 N–H and O–H groups in total. The number of rotatable bonds is 11. The smallest absolute Gasteiger partial charge is 0.216 e. The molecule has 0 aliphatic heterocycles. The molecule has 0 amide bonds. The number of aryl methyl sites for hydroxylation is 2. The average Bonchev–Trinajstić information content (AvgIpc) is 3.00. The molecule has 0 radical (unpaired) electrons. The molecule has 2 rings (SSSR count). The highest BCUT2D eigenvalue weighted by molar-refractivity contribution is 5.93. The van der Waals surface area contributed by atoms with Crippen LogP contribution >= 0.6 is 0 Å². The van der Waals surface area contributed by atoms with E-state index in [1.54, 1.807) is 0 Å². The summed E-state index contributed by atoms with van der Waals surface area (Å²) in [5.41, 5.74) is 1.82. The minimum absolute atomic E-state index is 0.147. The molecule has 30 heavy (non-hydrogen) atoms. The molecule has 0 aliphatic carbocycles. The lowest BCUT2D eigenvalue weighted by Crippen LogP contribution is -2.32. The van der Waals surface area contributed by atoms with Gasteiger partial charge in [0.1, 0.15) is 18.1 Å². The van der Waals surface area contributed by atoms with Crippen molar-refractivity contribution in [1.29, 1.82) is 0 Å². The third-order valence-electron chi connectivity index (χ3n) is 4.14. The summed E-state index contributed by atoms with van der Waals surface area (Å²) < 4.78 is 17.0. The Kier molecular flexibility index (Phi) is 9.67. The lowest BCUT2D eigenvalue weighted by atomic mass is 10.2. The van der Waals surface area contributed by atoms with Gasteiger partial charge in [-0.05, 0) is 64.3 Å². The number of aromatic nitrogens is 1. The van der Waals surface area contributed by atoms with Crippen molar-refractivity contribution in [2.45, 2.75) is 60.6 Å². The van der Waals surface area contributed by atoms with E-state index in [0.29, 0.717) is 24.3 Å². The van der Waals surface area contributed by atoms with E-state index in [1.807, 2.05) is 52.0 Å². The summed E-state index contributed by atoms with van der Waals surface area (Å²) in [5, 5.41) is 6.69. The van der Waals surface area contributed by atoms with Gasteiger partial charge in [-0.2, -0.15) is 0 Å². The number of nitrogens with one attached hydrogen (secondary N) is 2. The highest BCUT2D eigenvalue weighted by atomic mass is 16.5. The minimum Gasteiger partial charge on any atom is -0.491 e. The van der Waals surface area contributed by atoms with Gasteiger partial charge in [0.05, 0.1) is 11.8 Å². The van der Waals surface area contributed by atoms with Crippen LogP contribution in [0.25, 0.3) is 0 Å². The fourth-order valence-corrected chi connectivity index (χ4v) is 2.62. The van der Waals surface area contributed by atoms with Crippen LogP contribution in [-0.2, 0) is 11.3 Å².